The molecule has 0 radical (unpaired) electrons. The number of piperidine rings is 1. The lowest BCUT2D eigenvalue weighted by molar-refractivity contribution is 0.0692. The molecule has 154 valence electrons. The molecule has 0 aliphatic carbocycles. The Balaban J connectivity index is 1.38. The van der Waals surface area contributed by atoms with Gasteiger partial charge in [0.05, 0.1) is 6.26 Å². The van der Waals surface area contributed by atoms with Crippen LogP contribution in [0.15, 0.2) is 65.4 Å². The molecule has 1 fully saturated rings. The minimum absolute atomic E-state index is 0.0000116. The van der Waals surface area contributed by atoms with E-state index < -0.39 is 0 Å². The first-order chi connectivity index (χ1) is 14.6. The third-order valence-corrected chi connectivity index (χ3v) is 5.15. The molecule has 30 heavy (non-hydrogen) atoms. The van der Waals surface area contributed by atoms with Crippen LogP contribution in [0.4, 0.5) is 0 Å². The first kappa shape index (κ1) is 19.7. The normalized spacial score (nSPS) is 14.4. The Morgan fingerprint density at radius 1 is 1.10 bits per heavy atom. The number of pyridine rings is 1. The quantitative estimate of drug-likeness (QED) is 0.698. The summed E-state index contributed by atoms with van der Waals surface area (Å²) in [6.07, 6.45) is 4.46. The van der Waals surface area contributed by atoms with Gasteiger partial charge in [-0.05, 0) is 50.1 Å². The Morgan fingerprint density at radius 3 is 2.57 bits per heavy atom. The maximum atomic E-state index is 13.1. The van der Waals surface area contributed by atoms with Gasteiger partial charge in [-0.15, -0.1) is 0 Å². The van der Waals surface area contributed by atoms with E-state index in [9.17, 15) is 9.59 Å². The second-order valence-electron chi connectivity index (χ2n) is 7.24. The monoisotopic (exact) mass is 405 g/mol. The molecular formula is C23H23N3O4. The number of benzene rings is 1. The SMILES string of the molecule is Cc1ccoc1C(=O)NC1CCN(C(=O)c2cccnc2Oc2ccccc2)CC1. The molecule has 0 saturated carbocycles. The summed E-state index contributed by atoms with van der Waals surface area (Å²) in [5.74, 6) is 0.914. The number of likely N-dealkylation sites (tertiary alicyclic amines) is 1. The van der Waals surface area contributed by atoms with E-state index >= 15 is 0 Å². The van der Waals surface area contributed by atoms with Crippen molar-refractivity contribution >= 4 is 11.8 Å². The highest BCUT2D eigenvalue weighted by atomic mass is 16.5. The summed E-state index contributed by atoms with van der Waals surface area (Å²) < 4.78 is 11.1. The number of carbonyl (C=O) groups excluding carboxylic acids is 2. The number of hydrogen-bond acceptors (Lipinski definition) is 5. The summed E-state index contributed by atoms with van der Waals surface area (Å²) in [5, 5.41) is 3.00. The Hall–Kier alpha value is -3.61. The zero-order valence-corrected chi connectivity index (χ0v) is 16.7. The number of nitrogens with one attached hydrogen (secondary N) is 1. The molecule has 3 aromatic rings. The van der Waals surface area contributed by atoms with E-state index in [0.717, 1.165) is 5.56 Å². The Bertz CT molecular complexity index is 1020. The number of aromatic nitrogens is 1. The predicted molar refractivity (Wildman–Crippen MR) is 111 cm³/mol. The molecule has 1 aliphatic heterocycles. The van der Waals surface area contributed by atoms with Crippen LogP contribution in [0.3, 0.4) is 0 Å². The van der Waals surface area contributed by atoms with E-state index in [1.165, 1.54) is 6.26 Å². The molecule has 1 N–H and O–H groups in total. The van der Waals surface area contributed by atoms with E-state index in [1.807, 2.05) is 37.3 Å². The van der Waals surface area contributed by atoms with Crippen molar-refractivity contribution < 1.29 is 18.7 Å². The number of para-hydroxylation sites is 1. The van der Waals surface area contributed by atoms with E-state index in [4.69, 9.17) is 9.15 Å². The summed E-state index contributed by atoms with van der Waals surface area (Å²) in [4.78, 5) is 31.4. The van der Waals surface area contributed by atoms with Crippen LogP contribution in [0, 0.1) is 6.92 Å². The van der Waals surface area contributed by atoms with Crippen molar-refractivity contribution in [3.05, 3.63) is 77.9 Å². The van der Waals surface area contributed by atoms with E-state index in [2.05, 4.69) is 10.3 Å². The fraction of sp³-hybridized carbons (Fsp3) is 0.261. The Kier molecular flexibility index (Phi) is 5.79. The first-order valence-electron chi connectivity index (χ1n) is 9.94. The fourth-order valence-electron chi connectivity index (χ4n) is 3.49. The molecule has 2 amide bonds. The average molecular weight is 405 g/mol. The smallest absolute Gasteiger partial charge is 0.287 e. The maximum Gasteiger partial charge on any atom is 0.287 e. The van der Waals surface area contributed by atoms with Crippen LogP contribution in [0.25, 0.3) is 0 Å². The minimum atomic E-state index is -0.215. The van der Waals surface area contributed by atoms with Crippen LogP contribution < -0.4 is 10.1 Å². The van der Waals surface area contributed by atoms with Crippen LogP contribution in [-0.2, 0) is 0 Å². The molecular weight excluding hydrogens is 382 g/mol. The summed E-state index contributed by atoms with van der Waals surface area (Å²) in [7, 11) is 0. The van der Waals surface area contributed by atoms with Gasteiger partial charge >= 0.3 is 0 Å². The van der Waals surface area contributed by atoms with Gasteiger partial charge in [0.15, 0.2) is 5.76 Å². The largest absolute Gasteiger partial charge is 0.459 e. The highest BCUT2D eigenvalue weighted by Crippen LogP contribution is 2.25. The lowest BCUT2D eigenvalue weighted by Crippen LogP contribution is -2.46. The van der Waals surface area contributed by atoms with Crippen molar-refractivity contribution in [3.63, 3.8) is 0 Å². The summed E-state index contributed by atoms with van der Waals surface area (Å²) in [6, 6.07) is 14.5. The van der Waals surface area contributed by atoms with Gasteiger partial charge in [-0.1, -0.05) is 18.2 Å². The highest BCUT2D eigenvalue weighted by Gasteiger charge is 2.27. The molecule has 0 spiro atoms. The third-order valence-electron chi connectivity index (χ3n) is 5.15. The minimum Gasteiger partial charge on any atom is -0.459 e. The third kappa shape index (κ3) is 4.35. The van der Waals surface area contributed by atoms with E-state index in [0.29, 0.717) is 43.0 Å². The topological polar surface area (TPSA) is 84.7 Å². The number of amides is 2. The first-order valence-corrected chi connectivity index (χ1v) is 9.94. The van der Waals surface area contributed by atoms with Crippen molar-refractivity contribution in [1.29, 1.82) is 0 Å². The molecule has 0 bridgehead atoms. The van der Waals surface area contributed by atoms with Gasteiger partial charge in [0.25, 0.3) is 11.8 Å². The molecule has 4 rings (SSSR count). The predicted octanol–water partition coefficient (Wildman–Crippen LogP) is 3.81. The zero-order valence-electron chi connectivity index (χ0n) is 16.7. The van der Waals surface area contributed by atoms with Crippen molar-refractivity contribution in [2.24, 2.45) is 0 Å². The summed E-state index contributed by atoms with van der Waals surface area (Å²) >= 11 is 0. The van der Waals surface area contributed by atoms with E-state index in [1.54, 1.807) is 29.3 Å². The van der Waals surface area contributed by atoms with Gasteiger partial charge in [0.1, 0.15) is 11.3 Å². The number of aryl methyl sites for hydroxylation is 1. The highest BCUT2D eigenvalue weighted by molar-refractivity contribution is 5.96. The number of rotatable bonds is 5. The van der Waals surface area contributed by atoms with Gasteiger partial charge in [0.2, 0.25) is 5.88 Å². The van der Waals surface area contributed by atoms with Crippen LogP contribution in [-0.4, -0.2) is 40.8 Å². The number of nitrogens with zero attached hydrogens (tertiary/aromatic N) is 2. The number of ether oxygens (including phenoxy) is 1. The molecule has 1 aliphatic rings. The molecule has 0 unspecified atom stereocenters. The molecule has 7 heteroatoms. The van der Waals surface area contributed by atoms with Gasteiger partial charge < -0.3 is 19.4 Å². The number of furan rings is 1. The average Bonchev–Trinajstić information content (AvgIpc) is 3.21. The standard InChI is InChI=1S/C23H23N3O4/c1-16-11-15-29-20(16)21(27)25-17-9-13-26(14-10-17)23(28)19-8-5-12-24-22(19)30-18-6-3-2-4-7-18/h2-8,11-12,15,17H,9-10,13-14H2,1H3,(H,25,27). The molecule has 2 aromatic heterocycles. The Morgan fingerprint density at radius 2 is 1.87 bits per heavy atom. The molecule has 3 heterocycles. The summed E-state index contributed by atoms with van der Waals surface area (Å²) in [5.41, 5.74) is 1.23. The van der Waals surface area contributed by atoms with Crippen LogP contribution in [0.5, 0.6) is 11.6 Å². The van der Waals surface area contributed by atoms with E-state index in [-0.39, 0.29) is 23.7 Å². The number of carbonyl (C=O) groups is 2. The van der Waals surface area contributed by atoms with Crippen molar-refractivity contribution in [1.82, 2.24) is 15.2 Å². The van der Waals surface area contributed by atoms with Crippen molar-refractivity contribution in [2.45, 2.75) is 25.8 Å². The fourth-order valence-corrected chi connectivity index (χ4v) is 3.49. The van der Waals surface area contributed by atoms with Crippen LogP contribution in [0.1, 0.15) is 39.3 Å². The number of hydrogen-bond donors (Lipinski definition) is 1. The lowest BCUT2D eigenvalue weighted by atomic mass is 10.0. The second-order valence-corrected chi connectivity index (χ2v) is 7.24. The lowest BCUT2D eigenvalue weighted by Gasteiger charge is -2.32. The van der Waals surface area contributed by atoms with Crippen molar-refractivity contribution in [3.8, 4) is 11.6 Å². The van der Waals surface area contributed by atoms with Gasteiger partial charge in [-0.3, -0.25) is 9.59 Å². The van der Waals surface area contributed by atoms with Crippen molar-refractivity contribution in [2.75, 3.05) is 13.1 Å². The van der Waals surface area contributed by atoms with Crippen LogP contribution in [0.2, 0.25) is 0 Å². The molecule has 7 nitrogen and oxygen atoms in total. The Labute approximate surface area is 174 Å². The molecule has 0 atom stereocenters. The zero-order chi connectivity index (χ0) is 20.9. The second kappa shape index (κ2) is 8.82. The van der Waals surface area contributed by atoms with Gasteiger partial charge in [-0.25, -0.2) is 4.98 Å². The van der Waals surface area contributed by atoms with Gasteiger partial charge in [-0.2, -0.15) is 0 Å². The summed E-state index contributed by atoms with van der Waals surface area (Å²) in [6.45, 7) is 2.92. The molecule has 1 aromatic carbocycles. The molecule has 1 saturated heterocycles. The maximum absolute atomic E-state index is 13.1. The van der Waals surface area contributed by atoms with Gasteiger partial charge in [0, 0.05) is 30.9 Å². The van der Waals surface area contributed by atoms with Crippen LogP contribution >= 0.6 is 0 Å².